The summed E-state index contributed by atoms with van der Waals surface area (Å²) in [5.41, 5.74) is 1.51. The van der Waals surface area contributed by atoms with Crippen LogP contribution in [0.2, 0.25) is 0 Å². The number of nitrogens with zero attached hydrogens (tertiary/aromatic N) is 4. The molecule has 2 aromatic heterocycles. The molecule has 162 valence electrons. The number of esters is 1. The van der Waals surface area contributed by atoms with Gasteiger partial charge in [-0.05, 0) is 56.5 Å². The Kier molecular flexibility index (Phi) is 6.48. The summed E-state index contributed by atoms with van der Waals surface area (Å²) in [4.78, 5) is 29.1. The van der Waals surface area contributed by atoms with Crippen LogP contribution in [0.5, 0.6) is 0 Å². The van der Waals surface area contributed by atoms with Gasteiger partial charge in [0.25, 0.3) is 5.91 Å². The van der Waals surface area contributed by atoms with Crippen LogP contribution in [0.1, 0.15) is 65.8 Å². The molecule has 0 bridgehead atoms. The summed E-state index contributed by atoms with van der Waals surface area (Å²) in [6, 6.07) is 10.6. The van der Waals surface area contributed by atoms with Gasteiger partial charge in [0.1, 0.15) is 23.4 Å². The molecule has 0 radical (unpaired) electrons. The zero-order valence-electron chi connectivity index (χ0n) is 18.4. The molecule has 8 heteroatoms. The highest BCUT2D eigenvalue weighted by Gasteiger charge is 2.19. The van der Waals surface area contributed by atoms with Crippen LogP contribution in [-0.4, -0.2) is 37.2 Å². The topological polar surface area (TPSA) is 99.0 Å². The molecule has 0 fully saturated rings. The first-order valence-corrected chi connectivity index (χ1v) is 10.1. The Morgan fingerprint density at radius 3 is 2.65 bits per heavy atom. The summed E-state index contributed by atoms with van der Waals surface area (Å²) in [5.74, 6) is 0.186. The molecule has 0 aliphatic carbocycles. The van der Waals surface area contributed by atoms with Gasteiger partial charge in [-0.1, -0.05) is 19.1 Å². The number of hydrogen-bond acceptors (Lipinski definition) is 6. The van der Waals surface area contributed by atoms with E-state index in [0.717, 1.165) is 17.8 Å². The average Bonchev–Trinajstić information content (AvgIpc) is 3.11. The van der Waals surface area contributed by atoms with Crippen LogP contribution >= 0.6 is 0 Å². The predicted molar refractivity (Wildman–Crippen MR) is 117 cm³/mol. The van der Waals surface area contributed by atoms with E-state index in [0.29, 0.717) is 5.69 Å². The van der Waals surface area contributed by atoms with Crippen molar-refractivity contribution in [3.63, 3.8) is 0 Å². The van der Waals surface area contributed by atoms with Gasteiger partial charge >= 0.3 is 5.97 Å². The first-order valence-electron chi connectivity index (χ1n) is 10.1. The lowest BCUT2D eigenvalue weighted by atomic mass is 9.97. The van der Waals surface area contributed by atoms with Gasteiger partial charge in [-0.2, -0.15) is 0 Å². The summed E-state index contributed by atoms with van der Waals surface area (Å²) in [6.07, 6.45) is 3.83. The van der Waals surface area contributed by atoms with E-state index in [9.17, 15) is 9.59 Å². The first-order chi connectivity index (χ1) is 14.6. The van der Waals surface area contributed by atoms with E-state index in [1.165, 1.54) is 18.3 Å². The summed E-state index contributed by atoms with van der Waals surface area (Å²) < 4.78 is 7.25. The zero-order valence-corrected chi connectivity index (χ0v) is 18.4. The van der Waals surface area contributed by atoms with Crippen molar-refractivity contribution in [3.8, 4) is 0 Å². The Bertz CT molecular complexity index is 1080. The lowest BCUT2D eigenvalue weighted by Gasteiger charge is -2.19. The third kappa shape index (κ3) is 5.97. The van der Waals surface area contributed by atoms with Crippen molar-refractivity contribution in [2.45, 2.75) is 45.6 Å². The fourth-order valence-electron chi connectivity index (χ4n) is 3.02. The Morgan fingerprint density at radius 2 is 1.97 bits per heavy atom. The molecule has 0 spiro atoms. The van der Waals surface area contributed by atoms with Gasteiger partial charge in [0.05, 0.1) is 5.56 Å². The third-order valence-corrected chi connectivity index (χ3v) is 4.63. The normalized spacial score (nSPS) is 12.3. The quantitative estimate of drug-likeness (QED) is 0.609. The summed E-state index contributed by atoms with van der Waals surface area (Å²) in [5, 5.41) is 10.9. The van der Waals surface area contributed by atoms with Gasteiger partial charge in [0.15, 0.2) is 0 Å². The standard InChI is InChI=1S/C23H27N5O3/c1-15(11-20-27-25-14-28(20)5)16-7-6-8-18(12-16)26-21(29)19-13-17(9-10-24-19)22(30)31-23(2,3)4/h6-10,12-15H,11H2,1-5H3,(H,26,29)/t15-/m1/s1. The molecule has 3 rings (SSSR count). The van der Waals surface area contributed by atoms with Gasteiger partial charge in [-0.3, -0.25) is 9.78 Å². The number of rotatable bonds is 6. The van der Waals surface area contributed by atoms with E-state index in [1.54, 1.807) is 27.1 Å². The number of hydrogen-bond donors (Lipinski definition) is 1. The second kappa shape index (κ2) is 9.07. The van der Waals surface area contributed by atoms with Crippen LogP contribution in [0.15, 0.2) is 48.9 Å². The molecule has 1 aromatic carbocycles. The van der Waals surface area contributed by atoms with Crippen LogP contribution < -0.4 is 5.32 Å². The lowest BCUT2D eigenvalue weighted by molar-refractivity contribution is 0.00693. The van der Waals surface area contributed by atoms with Crippen molar-refractivity contribution < 1.29 is 14.3 Å². The number of pyridine rings is 1. The molecule has 1 amide bonds. The molecule has 0 aliphatic heterocycles. The highest BCUT2D eigenvalue weighted by Crippen LogP contribution is 2.23. The van der Waals surface area contributed by atoms with E-state index in [2.05, 4.69) is 27.4 Å². The molecule has 8 nitrogen and oxygen atoms in total. The zero-order chi connectivity index (χ0) is 22.6. The average molecular weight is 422 g/mol. The second-order valence-electron chi connectivity index (χ2n) is 8.47. The van der Waals surface area contributed by atoms with Crippen molar-refractivity contribution in [2.24, 2.45) is 7.05 Å². The van der Waals surface area contributed by atoms with E-state index >= 15 is 0 Å². The first kappa shape index (κ1) is 22.1. The number of nitrogens with one attached hydrogen (secondary N) is 1. The Labute approximate surface area is 181 Å². The Balaban J connectivity index is 1.71. The van der Waals surface area contributed by atoms with Crippen molar-refractivity contribution in [1.82, 2.24) is 19.7 Å². The molecule has 1 atom stereocenters. The molecular weight excluding hydrogens is 394 g/mol. The molecule has 0 unspecified atom stereocenters. The van der Waals surface area contributed by atoms with Crippen LogP contribution in [0, 0.1) is 0 Å². The second-order valence-corrected chi connectivity index (χ2v) is 8.47. The Morgan fingerprint density at radius 1 is 1.19 bits per heavy atom. The van der Waals surface area contributed by atoms with E-state index in [1.807, 2.05) is 35.9 Å². The van der Waals surface area contributed by atoms with Crippen LogP contribution in [0.3, 0.4) is 0 Å². The molecule has 2 heterocycles. The molecule has 0 aliphatic rings. The lowest BCUT2D eigenvalue weighted by Crippen LogP contribution is -2.24. The summed E-state index contributed by atoms with van der Waals surface area (Å²) in [7, 11) is 1.91. The van der Waals surface area contributed by atoms with Gasteiger partial charge in [0, 0.05) is 25.4 Å². The number of ether oxygens (including phenoxy) is 1. The Hall–Kier alpha value is -3.55. The van der Waals surface area contributed by atoms with Gasteiger partial charge in [-0.25, -0.2) is 4.79 Å². The summed E-state index contributed by atoms with van der Waals surface area (Å²) >= 11 is 0. The van der Waals surface area contributed by atoms with Crippen molar-refractivity contribution in [1.29, 1.82) is 0 Å². The smallest absolute Gasteiger partial charge is 0.338 e. The maximum atomic E-state index is 12.7. The number of benzene rings is 1. The molecule has 1 N–H and O–H groups in total. The third-order valence-electron chi connectivity index (χ3n) is 4.63. The fraction of sp³-hybridized carbons (Fsp3) is 0.348. The minimum absolute atomic E-state index is 0.140. The van der Waals surface area contributed by atoms with Crippen molar-refractivity contribution >= 4 is 17.6 Å². The minimum Gasteiger partial charge on any atom is -0.456 e. The maximum absolute atomic E-state index is 12.7. The van der Waals surface area contributed by atoms with Gasteiger partial charge in [-0.15, -0.1) is 10.2 Å². The SMILES string of the molecule is C[C@H](Cc1nncn1C)c1cccc(NC(=O)c2cc(C(=O)OC(C)(C)C)ccn2)c1. The van der Waals surface area contributed by atoms with Crippen LogP contribution in [-0.2, 0) is 18.2 Å². The molecular formula is C23H27N5O3. The van der Waals surface area contributed by atoms with Gasteiger partial charge in [0.2, 0.25) is 0 Å². The monoisotopic (exact) mass is 421 g/mol. The van der Waals surface area contributed by atoms with Gasteiger partial charge < -0.3 is 14.6 Å². The minimum atomic E-state index is -0.620. The largest absolute Gasteiger partial charge is 0.456 e. The number of amides is 1. The summed E-state index contributed by atoms with van der Waals surface area (Å²) in [6.45, 7) is 7.47. The molecule has 0 saturated carbocycles. The van der Waals surface area contributed by atoms with E-state index in [-0.39, 0.29) is 17.2 Å². The highest BCUT2D eigenvalue weighted by atomic mass is 16.6. The van der Waals surface area contributed by atoms with Crippen molar-refractivity contribution in [2.75, 3.05) is 5.32 Å². The van der Waals surface area contributed by atoms with Crippen LogP contribution in [0.25, 0.3) is 0 Å². The predicted octanol–water partition coefficient (Wildman–Crippen LogP) is 3.76. The van der Waals surface area contributed by atoms with Crippen LogP contribution in [0.4, 0.5) is 5.69 Å². The van der Waals surface area contributed by atoms with Crippen molar-refractivity contribution in [3.05, 3.63) is 71.6 Å². The number of aryl methyl sites for hydroxylation is 1. The number of anilines is 1. The molecule has 0 saturated heterocycles. The van der Waals surface area contributed by atoms with E-state index < -0.39 is 17.5 Å². The number of carbonyl (C=O) groups is 2. The molecule has 31 heavy (non-hydrogen) atoms. The number of carbonyl (C=O) groups excluding carboxylic acids is 2. The molecule has 3 aromatic rings. The fourth-order valence-corrected chi connectivity index (χ4v) is 3.02. The van der Waals surface area contributed by atoms with E-state index in [4.69, 9.17) is 4.74 Å². The number of aromatic nitrogens is 4. The highest BCUT2D eigenvalue weighted by molar-refractivity contribution is 6.04. The maximum Gasteiger partial charge on any atom is 0.338 e.